The largest absolute Gasteiger partial charge is 0.323 e. The first-order valence-electron chi connectivity index (χ1n) is 8.54. The van der Waals surface area contributed by atoms with E-state index in [4.69, 9.17) is 4.98 Å². The summed E-state index contributed by atoms with van der Waals surface area (Å²) in [6, 6.07) is 1.71. The van der Waals surface area contributed by atoms with Gasteiger partial charge in [-0.3, -0.25) is 14.9 Å². The van der Waals surface area contributed by atoms with E-state index in [2.05, 4.69) is 41.5 Å². The molecule has 1 N–H and O–H groups in total. The van der Waals surface area contributed by atoms with Crippen LogP contribution in [0.4, 0.5) is 10.6 Å². The minimum atomic E-state index is -0.0815. The van der Waals surface area contributed by atoms with Crippen LogP contribution in [0.5, 0.6) is 0 Å². The van der Waals surface area contributed by atoms with Gasteiger partial charge in [0.2, 0.25) is 0 Å². The molecule has 7 nitrogen and oxygen atoms in total. The second kappa shape index (κ2) is 7.13. The lowest BCUT2D eigenvalue weighted by Gasteiger charge is -2.34. The van der Waals surface area contributed by atoms with E-state index in [-0.39, 0.29) is 11.4 Å². The Labute approximate surface area is 152 Å². The molecule has 8 heteroatoms. The third-order valence-corrected chi connectivity index (χ3v) is 5.50. The lowest BCUT2D eigenvalue weighted by atomic mass is 9.98. The molecule has 136 valence electrons. The third-order valence-electron chi connectivity index (χ3n) is 4.19. The molecule has 0 saturated carbocycles. The number of thiazole rings is 1. The number of carbonyl (C=O) groups is 1. The first-order chi connectivity index (χ1) is 11.8. The summed E-state index contributed by atoms with van der Waals surface area (Å²) in [5.41, 5.74) is 1.23. The number of amides is 2. The Hall–Kier alpha value is -1.93. The van der Waals surface area contributed by atoms with Crippen molar-refractivity contribution in [1.82, 2.24) is 24.6 Å². The number of nitrogens with zero attached hydrogens (tertiary/aromatic N) is 5. The van der Waals surface area contributed by atoms with Crippen LogP contribution in [0, 0.1) is 0 Å². The number of rotatable bonds is 3. The van der Waals surface area contributed by atoms with Crippen molar-refractivity contribution in [1.29, 1.82) is 0 Å². The number of anilines is 1. The summed E-state index contributed by atoms with van der Waals surface area (Å²) in [7, 11) is 1.83. The predicted octanol–water partition coefficient (Wildman–Crippen LogP) is 2.52. The van der Waals surface area contributed by atoms with Crippen molar-refractivity contribution in [3.8, 4) is 0 Å². The maximum absolute atomic E-state index is 12.3. The molecule has 2 aromatic rings. The fourth-order valence-electron chi connectivity index (χ4n) is 2.73. The number of nitrogens with one attached hydrogen (secondary N) is 1. The van der Waals surface area contributed by atoms with Gasteiger partial charge in [0.25, 0.3) is 0 Å². The van der Waals surface area contributed by atoms with Gasteiger partial charge in [-0.05, 0) is 0 Å². The summed E-state index contributed by atoms with van der Waals surface area (Å²) in [6.45, 7) is 10.6. The zero-order chi connectivity index (χ0) is 18.0. The molecular weight excluding hydrogens is 336 g/mol. The van der Waals surface area contributed by atoms with Gasteiger partial charge >= 0.3 is 6.03 Å². The Morgan fingerprint density at radius 1 is 1.28 bits per heavy atom. The molecule has 3 heterocycles. The zero-order valence-corrected chi connectivity index (χ0v) is 16.1. The highest BCUT2D eigenvalue weighted by molar-refractivity contribution is 7.09. The number of hydrogen-bond acceptors (Lipinski definition) is 5. The Balaban J connectivity index is 1.48. The van der Waals surface area contributed by atoms with Crippen LogP contribution in [0.25, 0.3) is 0 Å². The van der Waals surface area contributed by atoms with Crippen LogP contribution >= 0.6 is 11.3 Å². The van der Waals surface area contributed by atoms with Crippen molar-refractivity contribution < 1.29 is 4.79 Å². The lowest BCUT2D eigenvalue weighted by Crippen LogP contribution is -2.49. The number of carbonyl (C=O) groups excluding carboxylic acids is 1. The molecule has 1 aliphatic rings. The third kappa shape index (κ3) is 4.58. The van der Waals surface area contributed by atoms with Crippen molar-refractivity contribution in [3.05, 3.63) is 28.3 Å². The van der Waals surface area contributed by atoms with Crippen LogP contribution in [0.15, 0.2) is 17.6 Å². The highest BCUT2D eigenvalue weighted by Crippen LogP contribution is 2.26. The van der Waals surface area contributed by atoms with E-state index in [1.54, 1.807) is 22.1 Å². The number of aromatic nitrogens is 3. The molecular formula is C17H26N6OS. The van der Waals surface area contributed by atoms with Gasteiger partial charge < -0.3 is 4.90 Å². The first kappa shape index (κ1) is 17.9. The SMILES string of the molecule is Cn1ccc(NC(=O)N2CCN(Cc3csc(C(C)(C)C)n3)CC2)n1. The minimum Gasteiger partial charge on any atom is -0.322 e. The Morgan fingerprint density at radius 3 is 2.56 bits per heavy atom. The summed E-state index contributed by atoms with van der Waals surface area (Å²) in [5.74, 6) is 0.590. The van der Waals surface area contributed by atoms with Crippen molar-refractivity contribution in [2.75, 3.05) is 31.5 Å². The Morgan fingerprint density at radius 2 is 2.00 bits per heavy atom. The van der Waals surface area contributed by atoms with Gasteiger partial charge in [0.1, 0.15) is 0 Å². The monoisotopic (exact) mass is 362 g/mol. The van der Waals surface area contributed by atoms with E-state index in [1.165, 1.54) is 5.01 Å². The number of hydrogen-bond donors (Lipinski definition) is 1. The summed E-state index contributed by atoms with van der Waals surface area (Å²) >= 11 is 1.73. The van der Waals surface area contributed by atoms with Gasteiger partial charge in [-0.25, -0.2) is 9.78 Å². The molecule has 0 bridgehead atoms. The van der Waals surface area contributed by atoms with Crippen LogP contribution < -0.4 is 5.32 Å². The summed E-state index contributed by atoms with van der Waals surface area (Å²) in [6.07, 6.45) is 1.81. The molecule has 0 aliphatic carbocycles. The fraction of sp³-hybridized carbons (Fsp3) is 0.588. The second-order valence-corrected chi connectivity index (χ2v) is 8.32. The Bertz CT molecular complexity index is 724. The highest BCUT2D eigenvalue weighted by Gasteiger charge is 2.23. The lowest BCUT2D eigenvalue weighted by molar-refractivity contribution is 0.142. The topological polar surface area (TPSA) is 66.3 Å². The molecule has 25 heavy (non-hydrogen) atoms. The highest BCUT2D eigenvalue weighted by atomic mass is 32.1. The quantitative estimate of drug-likeness (QED) is 0.911. The zero-order valence-electron chi connectivity index (χ0n) is 15.3. The van der Waals surface area contributed by atoms with Gasteiger partial charge in [-0.2, -0.15) is 5.10 Å². The summed E-state index contributed by atoms with van der Waals surface area (Å²) < 4.78 is 1.67. The molecule has 0 aromatic carbocycles. The number of urea groups is 1. The molecule has 1 saturated heterocycles. The molecule has 1 fully saturated rings. The molecule has 0 spiro atoms. The molecule has 1 aliphatic heterocycles. The maximum atomic E-state index is 12.3. The van der Waals surface area contributed by atoms with E-state index in [1.807, 2.05) is 18.1 Å². The van der Waals surface area contributed by atoms with Gasteiger partial charge in [0.05, 0.1) is 10.7 Å². The van der Waals surface area contributed by atoms with E-state index >= 15 is 0 Å². The summed E-state index contributed by atoms with van der Waals surface area (Å²) in [5, 5.41) is 10.4. The molecule has 0 atom stereocenters. The number of aryl methyl sites for hydroxylation is 1. The van der Waals surface area contributed by atoms with Crippen LogP contribution in [0.3, 0.4) is 0 Å². The smallest absolute Gasteiger partial charge is 0.322 e. The standard InChI is InChI=1S/C17H26N6OS/c1-17(2,3)15-18-13(12-25-15)11-22-7-9-23(10-8-22)16(24)19-14-5-6-21(4)20-14/h5-6,12H,7-11H2,1-4H3,(H,19,20,24). The molecule has 0 unspecified atom stereocenters. The van der Waals surface area contributed by atoms with Crippen molar-refractivity contribution in [2.45, 2.75) is 32.7 Å². The van der Waals surface area contributed by atoms with Crippen LogP contribution in [-0.4, -0.2) is 56.8 Å². The Kier molecular flexibility index (Phi) is 5.10. The average Bonchev–Trinajstić information content (AvgIpc) is 3.17. The number of piperazine rings is 1. The fourth-order valence-corrected chi connectivity index (χ4v) is 3.63. The minimum absolute atomic E-state index is 0.0815. The maximum Gasteiger partial charge on any atom is 0.323 e. The summed E-state index contributed by atoms with van der Waals surface area (Å²) in [4.78, 5) is 21.2. The predicted molar refractivity (Wildman–Crippen MR) is 99.9 cm³/mol. The normalized spacial score (nSPS) is 16.2. The van der Waals surface area contributed by atoms with Gasteiger partial charge in [-0.1, -0.05) is 20.8 Å². The van der Waals surface area contributed by atoms with E-state index in [0.717, 1.165) is 38.4 Å². The van der Waals surface area contributed by atoms with Gasteiger partial charge in [0.15, 0.2) is 5.82 Å². The van der Waals surface area contributed by atoms with E-state index < -0.39 is 0 Å². The molecule has 0 radical (unpaired) electrons. The van der Waals surface area contributed by atoms with Gasteiger partial charge in [0, 0.05) is 62.8 Å². The first-order valence-corrected chi connectivity index (χ1v) is 9.42. The van der Waals surface area contributed by atoms with E-state index in [9.17, 15) is 4.79 Å². The average molecular weight is 363 g/mol. The van der Waals surface area contributed by atoms with Gasteiger partial charge in [-0.15, -0.1) is 11.3 Å². The van der Waals surface area contributed by atoms with Crippen molar-refractivity contribution in [2.24, 2.45) is 7.05 Å². The molecule has 2 amide bonds. The second-order valence-electron chi connectivity index (χ2n) is 7.46. The molecule has 3 rings (SSSR count). The van der Waals surface area contributed by atoms with Crippen LogP contribution in [0.2, 0.25) is 0 Å². The van der Waals surface area contributed by atoms with Crippen molar-refractivity contribution >= 4 is 23.2 Å². The van der Waals surface area contributed by atoms with Crippen LogP contribution in [-0.2, 0) is 19.0 Å². The van der Waals surface area contributed by atoms with Crippen molar-refractivity contribution in [3.63, 3.8) is 0 Å². The van der Waals surface area contributed by atoms with Crippen LogP contribution in [0.1, 0.15) is 31.5 Å². The van der Waals surface area contributed by atoms with E-state index in [0.29, 0.717) is 5.82 Å². The molecule has 2 aromatic heterocycles.